The lowest BCUT2D eigenvalue weighted by molar-refractivity contribution is -0.133. The van der Waals surface area contributed by atoms with Crippen molar-refractivity contribution < 1.29 is 32.3 Å². The lowest BCUT2D eigenvalue weighted by Crippen LogP contribution is -2.54. The van der Waals surface area contributed by atoms with Crippen molar-refractivity contribution in [1.29, 1.82) is 0 Å². The zero-order valence-electron chi connectivity index (χ0n) is 20.1. The number of hydrogen-bond donors (Lipinski definition) is 1. The quantitative estimate of drug-likeness (QED) is 0.534. The molecular formula is C26H27ClF3N3O4. The van der Waals surface area contributed by atoms with Gasteiger partial charge >= 0.3 is 6.09 Å². The maximum atomic E-state index is 14.3. The number of likely N-dealkylation sites (tertiary alicyclic amines) is 1. The number of benzene rings is 2. The Morgan fingerprint density at radius 2 is 1.92 bits per heavy atom. The third kappa shape index (κ3) is 6.01. The monoisotopic (exact) mass is 537 g/mol. The molecule has 1 saturated carbocycles. The van der Waals surface area contributed by atoms with E-state index in [-0.39, 0.29) is 22.7 Å². The van der Waals surface area contributed by atoms with Crippen molar-refractivity contribution in [2.24, 2.45) is 0 Å². The fraction of sp³-hybridized carbons (Fsp3) is 0.423. The van der Waals surface area contributed by atoms with Gasteiger partial charge in [-0.1, -0.05) is 35.9 Å². The topological polar surface area (TPSA) is 79.0 Å². The van der Waals surface area contributed by atoms with Crippen molar-refractivity contribution in [2.75, 3.05) is 18.6 Å². The van der Waals surface area contributed by atoms with Crippen LogP contribution in [0.4, 0.5) is 23.7 Å². The van der Waals surface area contributed by atoms with Gasteiger partial charge < -0.3 is 15.0 Å². The van der Waals surface area contributed by atoms with Gasteiger partial charge in [0.2, 0.25) is 11.8 Å². The largest absolute Gasteiger partial charge is 0.453 e. The predicted octanol–water partition coefficient (Wildman–Crippen LogP) is 5.09. The first kappa shape index (κ1) is 26.8. The molecule has 2 fully saturated rings. The van der Waals surface area contributed by atoms with E-state index in [0.717, 1.165) is 11.0 Å². The van der Waals surface area contributed by atoms with Crippen LogP contribution in [-0.2, 0) is 14.3 Å². The molecule has 3 amide bonds. The Balaban J connectivity index is 1.72. The summed E-state index contributed by atoms with van der Waals surface area (Å²) in [6.45, 7) is 0.412. The highest BCUT2D eigenvalue weighted by Crippen LogP contribution is 2.39. The van der Waals surface area contributed by atoms with Crippen LogP contribution in [0.3, 0.4) is 0 Å². The number of carbonyl (C=O) groups is 3. The van der Waals surface area contributed by atoms with E-state index in [1.807, 2.05) is 0 Å². The standard InChI is InChI=1S/C26H27ClF3N3O4/c1-37-25(36)32-11-5-8-18(32)13-22(34)33(19-7-4-6-16(28)12-19)23(20-9-2-3-10-21(20)27)24(35)31-17-14-26(29,30)15-17/h2-4,6-7,9-10,12,17-18,23H,5,8,11,13-15H2,1H3,(H,31,35)/t18-,23-/m0/s1. The molecule has 1 aliphatic carbocycles. The van der Waals surface area contributed by atoms with E-state index in [2.05, 4.69) is 5.32 Å². The summed E-state index contributed by atoms with van der Waals surface area (Å²) in [5.41, 5.74) is 0.341. The number of hydrogen-bond acceptors (Lipinski definition) is 4. The van der Waals surface area contributed by atoms with Crippen molar-refractivity contribution in [1.82, 2.24) is 10.2 Å². The van der Waals surface area contributed by atoms with Gasteiger partial charge in [0.1, 0.15) is 11.9 Å². The molecule has 0 unspecified atom stereocenters. The number of halogens is 4. The van der Waals surface area contributed by atoms with Gasteiger partial charge in [-0.05, 0) is 37.1 Å². The molecule has 1 heterocycles. The molecule has 2 aliphatic rings. The molecule has 1 N–H and O–H groups in total. The molecule has 198 valence electrons. The second-order valence-electron chi connectivity index (χ2n) is 9.30. The summed E-state index contributed by atoms with van der Waals surface area (Å²) in [5.74, 6) is -4.78. The van der Waals surface area contributed by atoms with Crippen LogP contribution in [0.1, 0.15) is 43.7 Å². The molecule has 4 rings (SSSR count). The minimum absolute atomic E-state index is 0.0895. The Labute approximate surface area is 217 Å². The van der Waals surface area contributed by atoms with Crippen LogP contribution in [0.5, 0.6) is 0 Å². The minimum atomic E-state index is -2.87. The van der Waals surface area contributed by atoms with Gasteiger partial charge in [-0.25, -0.2) is 18.0 Å². The highest BCUT2D eigenvalue weighted by atomic mass is 35.5. The summed E-state index contributed by atoms with van der Waals surface area (Å²) in [6, 6.07) is 8.91. The second-order valence-corrected chi connectivity index (χ2v) is 9.71. The van der Waals surface area contributed by atoms with Crippen LogP contribution in [0.25, 0.3) is 0 Å². The van der Waals surface area contributed by atoms with Crippen LogP contribution in [0.2, 0.25) is 5.02 Å². The van der Waals surface area contributed by atoms with Gasteiger partial charge in [-0.2, -0.15) is 0 Å². The first-order valence-electron chi connectivity index (χ1n) is 11.9. The molecule has 2 aromatic rings. The highest BCUT2D eigenvalue weighted by Gasteiger charge is 2.47. The van der Waals surface area contributed by atoms with Gasteiger partial charge in [0.25, 0.3) is 5.92 Å². The van der Waals surface area contributed by atoms with Crippen molar-refractivity contribution in [2.45, 2.75) is 56.2 Å². The van der Waals surface area contributed by atoms with E-state index in [0.29, 0.717) is 19.4 Å². The summed E-state index contributed by atoms with van der Waals surface area (Å²) in [4.78, 5) is 42.2. The molecule has 37 heavy (non-hydrogen) atoms. The summed E-state index contributed by atoms with van der Waals surface area (Å²) in [7, 11) is 1.25. The van der Waals surface area contributed by atoms with Crippen molar-refractivity contribution in [3.05, 3.63) is 64.9 Å². The predicted molar refractivity (Wildman–Crippen MR) is 131 cm³/mol. The molecule has 0 spiro atoms. The van der Waals surface area contributed by atoms with E-state index in [9.17, 15) is 27.6 Å². The SMILES string of the molecule is COC(=O)N1CCC[C@H]1CC(=O)N(c1cccc(F)c1)[C@H](C(=O)NC1CC(F)(F)C1)c1ccccc1Cl. The minimum Gasteiger partial charge on any atom is -0.453 e. The lowest BCUT2D eigenvalue weighted by Gasteiger charge is -2.38. The van der Waals surface area contributed by atoms with Gasteiger partial charge in [0.05, 0.1) is 7.11 Å². The Bertz CT molecular complexity index is 1170. The number of rotatable bonds is 7. The number of methoxy groups -OCH3 is 1. The highest BCUT2D eigenvalue weighted by molar-refractivity contribution is 6.31. The number of anilines is 1. The third-order valence-corrected chi connectivity index (χ3v) is 7.04. The zero-order chi connectivity index (χ0) is 26.7. The van der Waals surface area contributed by atoms with Crippen LogP contribution < -0.4 is 10.2 Å². The van der Waals surface area contributed by atoms with Gasteiger partial charge in [-0.3, -0.25) is 14.5 Å². The average molecular weight is 538 g/mol. The average Bonchev–Trinajstić information content (AvgIpc) is 3.29. The normalized spacial score (nSPS) is 19.6. The van der Waals surface area contributed by atoms with E-state index in [1.165, 1.54) is 30.2 Å². The van der Waals surface area contributed by atoms with Crippen LogP contribution in [0.15, 0.2) is 48.5 Å². The summed E-state index contributed by atoms with van der Waals surface area (Å²) in [6.07, 6.45) is -0.564. The van der Waals surface area contributed by atoms with Crippen LogP contribution in [0, 0.1) is 5.82 Å². The Morgan fingerprint density at radius 3 is 2.57 bits per heavy atom. The fourth-order valence-corrected chi connectivity index (χ4v) is 5.15. The number of carbonyl (C=O) groups excluding carboxylic acids is 3. The number of nitrogens with one attached hydrogen (secondary N) is 1. The molecule has 2 atom stereocenters. The van der Waals surface area contributed by atoms with Gasteiger partial charge in [0.15, 0.2) is 0 Å². The Kier molecular flexibility index (Phi) is 7.96. The molecule has 7 nitrogen and oxygen atoms in total. The summed E-state index contributed by atoms with van der Waals surface area (Å²) < 4.78 is 46.0. The van der Waals surface area contributed by atoms with Crippen molar-refractivity contribution >= 4 is 35.2 Å². The van der Waals surface area contributed by atoms with E-state index >= 15 is 0 Å². The third-order valence-electron chi connectivity index (χ3n) is 6.69. The molecule has 2 aromatic carbocycles. The molecule has 11 heteroatoms. The van der Waals surface area contributed by atoms with E-state index < -0.39 is 60.6 Å². The van der Waals surface area contributed by atoms with Crippen LogP contribution >= 0.6 is 11.6 Å². The second kappa shape index (κ2) is 11.0. The van der Waals surface area contributed by atoms with E-state index in [4.69, 9.17) is 16.3 Å². The molecule has 1 saturated heterocycles. The Hall–Kier alpha value is -3.27. The molecule has 1 aliphatic heterocycles. The van der Waals surface area contributed by atoms with Gasteiger partial charge in [0, 0.05) is 54.2 Å². The van der Waals surface area contributed by atoms with E-state index in [1.54, 1.807) is 24.3 Å². The number of amides is 3. The van der Waals surface area contributed by atoms with Gasteiger partial charge in [-0.15, -0.1) is 0 Å². The van der Waals surface area contributed by atoms with Crippen molar-refractivity contribution in [3.8, 4) is 0 Å². The number of alkyl halides is 2. The van der Waals surface area contributed by atoms with Crippen molar-refractivity contribution in [3.63, 3.8) is 0 Å². The summed E-state index contributed by atoms with van der Waals surface area (Å²) in [5, 5.41) is 2.77. The molecule has 0 bridgehead atoms. The first-order chi connectivity index (χ1) is 17.6. The smallest absolute Gasteiger partial charge is 0.409 e. The molecular weight excluding hydrogens is 511 g/mol. The number of nitrogens with zero attached hydrogens (tertiary/aromatic N) is 2. The zero-order valence-corrected chi connectivity index (χ0v) is 20.9. The molecule has 0 radical (unpaired) electrons. The first-order valence-corrected chi connectivity index (χ1v) is 12.3. The van der Waals surface area contributed by atoms with Crippen LogP contribution in [-0.4, -0.2) is 54.5 Å². The maximum absolute atomic E-state index is 14.3. The fourth-order valence-electron chi connectivity index (χ4n) is 4.91. The number of ether oxygens (including phenoxy) is 1. The molecule has 0 aromatic heterocycles. The Morgan fingerprint density at radius 1 is 1.19 bits per heavy atom. The summed E-state index contributed by atoms with van der Waals surface area (Å²) >= 11 is 6.43. The maximum Gasteiger partial charge on any atom is 0.409 e. The lowest BCUT2D eigenvalue weighted by atomic mass is 9.87.